The van der Waals surface area contributed by atoms with E-state index in [4.69, 9.17) is 4.74 Å². The quantitative estimate of drug-likeness (QED) is 0.734. The summed E-state index contributed by atoms with van der Waals surface area (Å²) in [4.78, 5) is 4.96. The summed E-state index contributed by atoms with van der Waals surface area (Å²) in [5, 5.41) is 10.4. The van der Waals surface area contributed by atoms with Gasteiger partial charge < -0.3 is 19.6 Å². The summed E-state index contributed by atoms with van der Waals surface area (Å²) < 4.78 is 5.67. The molecule has 0 bridgehead atoms. The zero-order valence-corrected chi connectivity index (χ0v) is 16.5. The Morgan fingerprint density at radius 1 is 1.12 bits per heavy atom. The molecule has 1 saturated heterocycles. The molecule has 4 nitrogen and oxygen atoms in total. The second-order valence-electron chi connectivity index (χ2n) is 8.31. The Hall–Kier alpha value is -0.940. The van der Waals surface area contributed by atoms with Crippen LogP contribution in [0, 0.1) is 11.8 Å². The summed E-state index contributed by atoms with van der Waals surface area (Å²) in [6, 6.07) is 10.0. The minimum Gasteiger partial charge on any atom is -0.387 e. The van der Waals surface area contributed by atoms with Crippen molar-refractivity contribution in [1.29, 1.82) is 0 Å². The normalized spacial score (nSPS) is 26.0. The fourth-order valence-electron chi connectivity index (χ4n) is 4.53. The molecular formula is C22H36N2O2. The van der Waals surface area contributed by atoms with Crippen LogP contribution in [-0.2, 0) is 4.74 Å². The Morgan fingerprint density at radius 2 is 1.77 bits per heavy atom. The Balaban J connectivity index is 1.31. The van der Waals surface area contributed by atoms with Crippen LogP contribution < -0.4 is 0 Å². The molecule has 0 unspecified atom stereocenters. The van der Waals surface area contributed by atoms with Gasteiger partial charge in [-0.05, 0) is 70.1 Å². The number of nitrogens with zero attached hydrogens (tertiary/aromatic N) is 2. The molecule has 1 aromatic carbocycles. The van der Waals surface area contributed by atoms with Crippen LogP contribution in [0.5, 0.6) is 0 Å². The highest BCUT2D eigenvalue weighted by molar-refractivity contribution is 5.17. The molecule has 1 aromatic rings. The maximum Gasteiger partial charge on any atom is 0.0916 e. The third-order valence-electron chi connectivity index (χ3n) is 6.06. The Kier molecular flexibility index (Phi) is 7.50. The predicted molar refractivity (Wildman–Crippen MR) is 106 cm³/mol. The van der Waals surface area contributed by atoms with Gasteiger partial charge in [0, 0.05) is 26.2 Å². The van der Waals surface area contributed by atoms with Crippen LogP contribution in [0.4, 0.5) is 0 Å². The molecule has 0 spiro atoms. The maximum absolute atomic E-state index is 10.4. The second-order valence-corrected chi connectivity index (χ2v) is 8.31. The van der Waals surface area contributed by atoms with Gasteiger partial charge in [0.05, 0.1) is 12.2 Å². The van der Waals surface area contributed by atoms with Crippen molar-refractivity contribution in [2.45, 2.75) is 44.8 Å². The van der Waals surface area contributed by atoms with Crippen molar-refractivity contribution < 1.29 is 9.84 Å². The van der Waals surface area contributed by atoms with Gasteiger partial charge in [-0.25, -0.2) is 0 Å². The Morgan fingerprint density at radius 3 is 2.42 bits per heavy atom. The van der Waals surface area contributed by atoms with E-state index in [1.54, 1.807) is 0 Å². The smallest absolute Gasteiger partial charge is 0.0916 e. The molecule has 2 aliphatic rings. The van der Waals surface area contributed by atoms with E-state index in [1.165, 1.54) is 38.8 Å². The second kappa shape index (κ2) is 9.84. The first kappa shape index (κ1) is 19.8. The van der Waals surface area contributed by atoms with Crippen molar-refractivity contribution in [2.24, 2.45) is 11.8 Å². The van der Waals surface area contributed by atoms with E-state index in [0.717, 1.165) is 43.6 Å². The van der Waals surface area contributed by atoms with Crippen molar-refractivity contribution in [3.63, 3.8) is 0 Å². The van der Waals surface area contributed by atoms with Crippen molar-refractivity contribution in [3.8, 4) is 0 Å². The van der Waals surface area contributed by atoms with Crippen molar-refractivity contribution in [2.75, 3.05) is 46.4 Å². The van der Waals surface area contributed by atoms with Crippen LogP contribution in [0.1, 0.15) is 44.3 Å². The molecule has 0 radical (unpaired) electrons. The number of benzene rings is 1. The minimum absolute atomic E-state index is 0.368. The first-order valence-electron chi connectivity index (χ1n) is 10.4. The largest absolute Gasteiger partial charge is 0.387 e. The highest BCUT2D eigenvalue weighted by atomic mass is 16.5. The molecule has 1 saturated carbocycles. The van der Waals surface area contributed by atoms with Gasteiger partial charge in [0.1, 0.15) is 0 Å². The van der Waals surface area contributed by atoms with Crippen LogP contribution in [0.15, 0.2) is 30.3 Å². The van der Waals surface area contributed by atoms with E-state index in [2.05, 4.69) is 23.8 Å². The lowest BCUT2D eigenvalue weighted by Crippen LogP contribution is -2.42. The van der Waals surface area contributed by atoms with Gasteiger partial charge in [-0.2, -0.15) is 0 Å². The maximum atomic E-state index is 10.4. The summed E-state index contributed by atoms with van der Waals surface area (Å²) in [5.41, 5.74) is 1.03. The molecule has 3 rings (SSSR count). The molecule has 1 atom stereocenters. The number of hydrogen-bond acceptors (Lipinski definition) is 4. The molecule has 146 valence electrons. The number of aliphatic hydroxyl groups excluding tert-OH is 1. The van der Waals surface area contributed by atoms with Crippen LogP contribution in [0.3, 0.4) is 0 Å². The molecular weight excluding hydrogens is 324 g/mol. The molecule has 0 aromatic heterocycles. The van der Waals surface area contributed by atoms with E-state index in [9.17, 15) is 5.11 Å². The number of likely N-dealkylation sites (tertiary alicyclic amines) is 1. The van der Waals surface area contributed by atoms with Gasteiger partial charge in [-0.3, -0.25) is 0 Å². The Bertz CT molecular complexity index is 510. The van der Waals surface area contributed by atoms with E-state index in [-0.39, 0.29) is 6.10 Å². The topological polar surface area (TPSA) is 35.9 Å². The van der Waals surface area contributed by atoms with E-state index in [1.807, 2.05) is 30.3 Å². The van der Waals surface area contributed by atoms with Crippen LogP contribution in [0.25, 0.3) is 0 Å². The van der Waals surface area contributed by atoms with E-state index >= 15 is 0 Å². The molecule has 1 aliphatic heterocycles. The molecule has 0 amide bonds. The fraction of sp³-hybridized carbons (Fsp3) is 0.727. The number of β-amino-alcohol motifs (C(OH)–C–C–N with tert-alkyl or cyclic N) is 1. The molecule has 26 heavy (non-hydrogen) atoms. The van der Waals surface area contributed by atoms with Gasteiger partial charge in [-0.1, -0.05) is 30.3 Å². The number of aliphatic hydroxyl groups is 1. The standard InChI is InChI=1S/C22H36N2O2/c1-3-26-21-13-19(14-21)16-23(2)15-18-9-11-24(12-10-18)17-22(25)20-7-5-4-6-8-20/h4-8,18-19,21-22,25H,3,9-17H2,1-2H3/t19?,21?,22-/m1/s1. The number of piperidine rings is 1. The third-order valence-corrected chi connectivity index (χ3v) is 6.06. The van der Waals surface area contributed by atoms with Crippen molar-refractivity contribution in [1.82, 2.24) is 9.80 Å². The van der Waals surface area contributed by atoms with Crippen LogP contribution in [-0.4, -0.2) is 67.4 Å². The fourth-order valence-corrected chi connectivity index (χ4v) is 4.53. The van der Waals surface area contributed by atoms with E-state index in [0.29, 0.717) is 6.10 Å². The Labute approximate surface area is 159 Å². The van der Waals surface area contributed by atoms with Crippen molar-refractivity contribution >= 4 is 0 Å². The average molecular weight is 361 g/mol. The van der Waals surface area contributed by atoms with Gasteiger partial charge in [-0.15, -0.1) is 0 Å². The average Bonchev–Trinajstić information content (AvgIpc) is 2.62. The van der Waals surface area contributed by atoms with Gasteiger partial charge in [0.15, 0.2) is 0 Å². The first-order valence-corrected chi connectivity index (χ1v) is 10.4. The van der Waals surface area contributed by atoms with E-state index < -0.39 is 0 Å². The van der Waals surface area contributed by atoms with Gasteiger partial charge in [0.2, 0.25) is 0 Å². The first-order chi connectivity index (χ1) is 12.6. The lowest BCUT2D eigenvalue weighted by molar-refractivity contribution is -0.0331. The number of hydrogen-bond donors (Lipinski definition) is 1. The third kappa shape index (κ3) is 5.78. The summed E-state index contributed by atoms with van der Waals surface area (Å²) >= 11 is 0. The lowest BCUT2D eigenvalue weighted by Gasteiger charge is -2.39. The summed E-state index contributed by atoms with van der Waals surface area (Å²) in [6.07, 6.45) is 5.14. The highest BCUT2D eigenvalue weighted by Gasteiger charge is 2.31. The van der Waals surface area contributed by atoms with Gasteiger partial charge >= 0.3 is 0 Å². The minimum atomic E-state index is -0.368. The van der Waals surface area contributed by atoms with Crippen molar-refractivity contribution in [3.05, 3.63) is 35.9 Å². The van der Waals surface area contributed by atoms with Crippen LogP contribution >= 0.6 is 0 Å². The summed E-state index contributed by atoms with van der Waals surface area (Å²) in [6.45, 7) is 8.35. The number of ether oxygens (including phenoxy) is 1. The summed E-state index contributed by atoms with van der Waals surface area (Å²) in [5.74, 6) is 1.63. The molecule has 1 heterocycles. The molecule has 1 aliphatic carbocycles. The molecule has 4 heteroatoms. The highest BCUT2D eigenvalue weighted by Crippen LogP contribution is 2.31. The summed E-state index contributed by atoms with van der Waals surface area (Å²) in [7, 11) is 2.28. The van der Waals surface area contributed by atoms with Crippen LogP contribution in [0.2, 0.25) is 0 Å². The number of rotatable bonds is 9. The van der Waals surface area contributed by atoms with Gasteiger partial charge in [0.25, 0.3) is 0 Å². The lowest BCUT2D eigenvalue weighted by atomic mass is 9.81. The zero-order chi connectivity index (χ0) is 18.4. The molecule has 2 fully saturated rings. The predicted octanol–water partition coefficient (Wildman–Crippen LogP) is 3.18. The monoisotopic (exact) mass is 360 g/mol. The SMILES string of the molecule is CCOC1CC(CN(C)CC2CCN(C[C@@H](O)c3ccccc3)CC2)C1. The molecule has 1 N–H and O–H groups in total. The zero-order valence-electron chi connectivity index (χ0n) is 16.5.